The zero-order chi connectivity index (χ0) is 22.5. The van der Waals surface area contributed by atoms with Crippen LogP contribution in [0.5, 0.6) is 17.2 Å². The van der Waals surface area contributed by atoms with Gasteiger partial charge in [-0.1, -0.05) is 36.4 Å². The number of carbonyl (C=O) groups is 1. The van der Waals surface area contributed by atoms with E-state index in [9.17, 15) is 4.79 Å². The van der Waals surface area contributed by atoms with Gasteiger partial charge in [0.05, 0.1) is 27.0 Å². The van der Waals surface area contributed by atoms with Gasteiger partial charge in [0, 0.05) is 43.9 Å². The minimum Gasteiger partial charge on any atom is -0.493 e. The van der Waals surface area contributed by atoms with Crippen LogP contribution in [-0.4, -0.2) is 73.4 Å². The molecule has 32 heavy (non-hydrogen) atoms. The van der Waals surface area contributed by atoms with Gasteiger partial charge in [-0.2, -0.15) is 5.10 Å². The number of carbonyl (C=O) groups excluding carboxylic acids is 1. The monoisotopic (exact) mass is 436 g/mol. The van der Waals surface area contributed by atoms with Crippen molar-refractivity contribution in [2.24, 2.45) is 0 Å². The quantitative estimate of drug-likeness (QED) is 0.613. The minimum absolute atomic E-state index is 0.0250. The van der Waals surface area contributed by atoms with Gasteiger partial charge in [0.1, 0.15) is 5.69 Å². The van der Waals surface area contributed by atoms with Crippen LogP contribution in [0.1, 0.15) is 16.1 Å². The molecule has 0 atom stereocenters. The maximum Gasteiger partial charge on any atom is 0.271 e. The Hall–Kier alpha value is -3.52. The molecule has 8 heteroatoms. The smallest absolute Gasteiger partial charge is 0.271 e. The zero-order valence-corrected chi connectivity index (χ0v) is 18.6. The molecule has 2 aromatic carbocycles. The van der Waals surface area contributed by atoms with Crippen LogP contribution in [0.15, 0.2) is 48.5 Å². The lowest BCUT2D eigenvalue weighted by Gasteiger charge is -2.34. The van der Waals surface area contributed by atoms with E-state index >= 15 is 0 Å². The van der Waals surface area contributed by atoms with Gasteiger partial charge in [-0.15, -0.1) is 0 Å². The van der Waals surface area contributed by atoms with Crippen molar-refractivity contribution in [2.45, 2.75) is 6.54 Å². The first-order valence-corrected chi connectivity index (χ1v) is 10.5. The molecule has 0 radical (unpaired) electrons. The standard InChI is InChI=1S/C24H28N4O4/c1-30-21-10-9-18(22(31-2)23(21)32-3)16-27-11-13-28(14-12-27)24(29)20-15-19(25-26-20)17-7-5-4-6-8-17/h4-10,15H,11-14,16H2,1-3H3,(H,25,26). The number of nitrogens with zero attached hydrogens (tertiary/aromatic N) is 3. The first kappa shape index (κ1) is 21.7. The topological polar surface area (TPSA) is 79.9 Å². The summed E-state index contributed by atoms with van der Waals surface area (Å²) in [4.78, 5) is 17.1. The molecular formula is C24H28N4O4. The largest absolute Gasteiger partial charge is 0.493 e. The van der Waals surface area contributed by atoms with Crippen molar-refractivity contribution in [1.82, 2.24) is 20.0 Å². The summed E-state index contributed by atoms with van der Waals surface area (Å²) in [6.07, 6.45) is 0. The number of ether oxygens (including phenoxy) is 3. The Labute approximate surface area is 187 Å². The van der Waals surface area contributed by atoms with Gasteiger partial charge in [-0.25, -0.2) is 0 Å². The van der Waals surface area contributed by atoms with Gasteiger partial charge in [0.2, 0.25) is 5.75 Å². The second-order valence-corrected chi connectivity index (χ2v) is 7.59. The van der Waals surface area contributed by atoms with Crippen LogP contribution in [0.4, 0.5) is 0 Å². The number of hydrogen-bond acceptors (Lipinski definition) is 6. The molecule has 1 saturated heterocycles. The molecule has 1 aromatic heterocycles. The van der Waals surface area contributed by atoms with Crippen LogP contribution in [0, 0.1) is 0 Å². The molecule has 4 rings (SSSR count). The van der Waals surface area contributed by atoms with Crippen molar-refractivity contribution >= 4 is 5.91 Å². The van der Waals surface area contributed by atoms with Gasteiger partial charge in [-0.3, -0.25) is 14.8 Å². The number of hydrogen-bond donors (Lipinski definition) is 1. The molecule has 0 aliphatic carbocycles. The number of rotatable bonds is 7. The zero-order valence-electron chi connectivity index (χ0n) is 18.6. The van der Waals surface area contributed by atoms with E-state index in [0.717, 1.165) is 29.9 Å². The van der Waals surface area contributed by atoms with Crippen molar-refractivity contribution < 1.29 is 19.0 Å². The van der Waals surface area contributed by atoms with Crippen LogP contribution in [0.3, 0.4) is 0 Å². The first-order chi connectivity index (χ1) is 15.6. The van der Waals surface area contributed by atoms with Crippen LogP contribution in [-0.2, 0) is 6.54 Å². The Kier molecular flexibility index (Phi) is 6.61. The minimum atomic E-state index is -0.0250. The molecule has 168 valence electrons. The lowest BCUT2D eigenvalue weighted by atomic mass is 10.1. The van der Waals surface area contributed by atoms with E-state index in [1.165, 1.54) is 0 Å². The average molecular weight is 437 g/mol. The summed E-state index contributed by atoms with van der Waals surface area (Å²) in [5, 5.41) is 7.20. The number of piperazine rings is 1. The molecule has 1 fully saturated rings. The third-order valence-electron chi connectivity index (χ3n) is 5.72. The summed E-state index contributed by atoms with van der Waals surface area (Å²) >= 11 is 0. The summed E-state index contributed by atoms with van der Waals surface area (Å²) in [5.74, 6) is 1.88. The van der Waals surface area contributed by atoms with E-state index in [-0.39, 0.29) is 5.91 Å². The van der Waals surface area contributed by atoms with Crippen molar-refractivity contribution in [3.63, 3.8) is 0 Å². The van der Waals surface area contributed by atoms with E-state index < -0.39 is 0 Å². The molecule has 2 heterocycles. The summed E-state index contributed by atoms with van der Waals surface area (Å²) in [6, 6.07) is 15.5. The third-order valence-corrected chi connectivity index (χ3v) is 5.72. The van der Waals surface area contributed by atoms with E-state index in [4.69, 9.17) is 14.2 Å². The molecule has 3 aromatic rings. The van der Waals surface area contributed by atoms with Crippen LogP contribution >= 0.6 is 0 Å². The van der Waals surface area contributed by atoms with Crippen LogP contribution in [0.25, 0.3) is 11.3 Å². The SMILES string of the molecule is COc1ccc(CN2CCN(C(=O)c3cc(-c4ccccc4)n[nH]3)CC2)c(OC)c1OC. The van der Waals surface area contributed by atoms with E-state index in [0.29, 0.717) is 42.6 Å². The Morgan fingerprint density at radius 2 is 1.66 bits per heavy atom. The first-order valence-electron chi connectivity index (χ1n) is 10.5. The Morgan fingerprint density at radius 3 is 2.31 bits per heavy atom. The predicted octanol–water partition coefficient (Wildman–Crippen LogP) is 3.06. The summed E-state index contributed by atoms with van der Waals surface area (Å²) in [7, 11) is 4.84. The summed E-state index contributed by atoms with van der Waals surface area (Å²) in [5.41, 5.74) is 3.29. The molecule has 8 nitrogen and oxygen atoms in total. The molecular weight excluding hydrogens is 408 g/mol. The normalized spacial score (nSPS) is 14.3. The van der Waals surface area contributed by atoms with Gasteiger partial charge in [0.25, 0.3) is 5.91 Å². The lowest BCUT2D eigenvalue weighted by Crippen LogP contribution is -2.48. The molecule has 1 amide bonds. The van der Waals surface area contributed by atoms with Crippen molar-refractivity contribution in [3.8, 4) is 28.5 Å². The van der Waals surface area contributed by atoms with E-state index in [1.54, 1.807) is 21.3 Å². The van der Waals surface area contributed by atoms with Gasteiger partial charge < -0.3 is 19.1 Å². The fourth-order valence-corrected chi connectivity index (χ4v) is 4.00. The molecule has 0 saturated carbocycles. The highest BCUT2D eigenvalue weighted by molar-refractivity contribution is 5.93. The average Bonchev–Trinajstić information content (AvgIpc) is 3.34. The Bertz CT molecular complexity index is 1060. The number of amides is 1. The summed E-state index contributed by atoms with van der Waals surface area (Å²) in [6.45, 7) is 3.53. The highest BCUT2D eigenvalue weighted by Crippen LogP contribution is 2.40. The maximum absolute atomic E-state index is 12.9. The summed E-state index contributed by atoms with van der Waals surface area (Å²) < 4.78 is 16.5. The lowest BCUT2D eigenvalue weighted by molar-refractivity contribution is 0.0621. The molecule has 1 aliphatic heterocycles. The molecule has 0 spiro atoms. The number of benzene rings is 2. The van der Waals surface area contributed by atoms with Gasteiger partial charge in [-0.05, 0) is 12.1 Å². The number of aromatic nitrogens is 2. The predicted molar refractivity (Wildman–Crippen MR) is 121 cm³/mol. The van der Waals surface area contributed by atoms with Gasteiger partial charge in [0.15, 0.2) is 11.5 Å². The second-order valence-electron chi connectivity index (χ2n) is 7.59. The van der Waals surface area contributed by atoms with Gasteiger partial charge >= 0.3 is 0 Å². The molecule has 0 bridgehead atoms. The fraction of sp³-hybridized carbons (Fsp3) is 0.333. The maximum atomic E-state index is 12.9. The second kappa shape index (κ2) is 9.74. The molecule has 1 N–H and O–H groups in total. The van der Waals surface area contributed by atoms with E-state index in [2.05, 4.69) is 15.1 Å². The highest BCUT2D eigenvalue weighted by atomic mass is 16.5. The van der Waals surface area contributed by atoms with Crippen molar-refractivity contribution in [3.05, 3.63) is 59.8 Å². The third kappa shape index (κ3) is 4.40. The fourth-order valence-electron chi connectivity index (χ4n) is 4.00. The molecule has 0 unspecified atom stereocenters. The van der Waals surface area contributed by atoms with Crippen LogP contribution in [0.2, 0.25) is 0 Å². The Balaban J connectivity index is 1.39. The Morgan fingerprint density at radius 1 is 0.938 bits per heavy atom. The van der Waals surface area contributed by atoms with Crippen LogP contribution < -0.4 is 14.2 Å². The van der Waals surface area contributed by atoms with Crippen molar-refractivity contribution in [2.75, 3.05) is 47.5 Å². The molecule has 1 aliphatic rings. The number of aromatic amines is 1. The number of H-pyrrole nitrogens is 1. The highest BCUT2D eigenvalue weighted by Gasteiger charge is 2.25. The number of methoxy groups -OCH3 is 3. The van der Waals surface area contributed by atoms with E-state index in [1.807, 2.05) is 53.4 Å². The number of nitrogens with one attached hydrogen (secondary N) is 1. The van der Waals surface area contributed by atoms with Crippen molar-refractivity contribution in [1.29, 1.82) is 0 Å².